The lowest BCUT2D eigenvalue weighted by atomic mass is 9.44. The van der Waals surface area contributed by atoms with Crippen molar-refractivity contribution < 1.29 is 4.74 Å². The summed E-state index contributed by atoms with van der Waals surface area (Å²) in [5, 5.41) is 3.95. The lowest BCUT2D eigenvalue weighted by Crippen LogP contribution is -2.62. The molecule has 4 saturated carbocycles. The van der Waals surface area contributed by atoms with E-state index >= 15 is 0 Å². The molecule has 5 aliphatic rings. The van der Waals surface area contributed by atoms with E-state index in [4.69, 9.17) is 4.74 Å². The Balaban J connectivity index is 1.67. The number of methoxy groups -OCH3 is 1. The van der Waals surface area contributed by atoms with Gasteiger partial charge in [0.2, 0.25) is 0 Å². The average Bonchev–Trinajstić information content (AvgIpc) is 2.87. The van der Waals surface area contributed by atoms with E-state index in [0.29, 0.717) is 11.0 Å². The lowest BCUT2D eigenvalue weighted by molar-refractivity contribution is -0.106. The Bertz CT molecular complexity index is 372. The molecule has 0 aromatic rings. The van der Waals surface area contributed by atoms with E-state index < -0.39 is 0 Å². The van der Waals surface area contributed by atoms with Gasteiger partial charge in [-0.2, -0.15) is 0 Å². The molecular formula is C18H29NO. The molecule has 1 atom stereocenters. The maximum atomic E-state index is 5.47. The monoisotopic (exact) mass is 275 g/mol. The first-order valence-electron chi connectivity index (χ1n) is 8.62. The van der Waals surface area contributed by atoms with Gasteiger partial charge in [0.25, 0.3) is 0 Å². The zero-order valence-electron chi connectivity index (χ0n) is 12.9. The molecule has 1 aliphatic heterocycles. The van der Waals surface area contributed by atoms with Gasteiger partial charge in [0.15, 0.2) is 0 Å². The summed E-state index contributed by atoms with van der Waals surface area (Å²) in [4.78, 5) is 0. The summed E-state index contributed by atoms with van der Waals surface area (Å²) >= 11 is 0. The average molecular weight is 275 g/mol. The number of ether oxygens (including phenoxy) is 1. The summed E-state index contributed by atoms with van der Waals surface area (Å²) in [7, 11) is 1.78. The second-order valence-corrected chi connectivity index (χ2v) is 8.23. The third-order valence-corrected chi connectivity index (χ3v) is 7.08. The molecule has 0 amide bonds. The molecule has 1 saturated heterocycles. The molecule has 0 spiro atoms. The van der Waals surface area contributed by atoms with Gasteiger partial charge in [0.05, 0.1) is 12.9 Å². The summed E-state index contributed by atoms with van der Waals surface area (Å²) in [5.41, 5.74) is 0.857. The van der Waals surface area contributed by atoms with E-state index in [0.717, 1.165) is 29.9 Å². The fourth-order valence-electron chi connectivity index (χ4n) is 6.70. The number of rotatable bonds is 4. The molecule has 2 heteroatoms. The van der Waals surface area contributed by atoms with E-state index in [1.165, 1.54) is 57.9 Å². The molecular weight excluding hydrogens is 246 g/mol. The van der Waals surface area contributed by atoms with Crippen molar-refractivity contribution in [2.75, 3.05) is 13.7 Å². The summed E-state index contributed by atoms with van der Waals surface area (Å²) in [6, 6.07) is 0. The van der Waals surface area contributed by atoms with Crippen LogP contribution >= 0.6 is 0 Å². The van der Waals surface area contributed by atoms with Gasteiger partial charge < -0.3 is 10.1 Å². The maximum absolute atomic E-state index is 5.47. The van der Waals surface area contributed by atoms with Gasteiger partial charge >= 0.3 is 0 Å². The summed E-state index contributed by atoms with van der Waals surface area (Å²) in [6.45, 7) is 5.34. The minimum absolute atomic E-state index is 0.302. The van der Waals surface area contributed by atoms with Crippen molar-refractivity contribution in [3.05, 3.63) is 12.3 Å². The fourth-order valence-corrected chi connectivity index (χ4v) is 6.70. The highest BCUT2D eigenvalue weighted by Gasteiger charge is 2.60. The van der Waals surface area contributed by atoms with Crippen molar-refractivity contribution in [2.45, 2.75) is 63.3 Å². The largest absolute Gasteiger partial charge is 0.502 e. The first kappa shape index (κ1) is 13.2. The van der Waals surface area contributed by atoms with Gasteiger partial charge in [-0.3, -0.25) is 0 Å². The van der Waals surface area contributed by atoms with E-state index in [1.54, 1.807) is 7.11 Å². The number of nitrogens with one attached hydrogen (secondary N) is 1. The maximum Gasteiger partial charge on any atom is 0.0902 e. The Morgan fingerprint density at radius 1 is 1.15 bits per heavy atom. The van der Waals surface area contributed by atoms with Crippen LogP contribution in [0.4, 0.5) is 0 Å². The highest BCUT2D eigenvalue weighted by atomic mass is 16.5. The smallest absolute Gasteiger partial charge is 0.0902 e. The Kier molecular flexibility index (Phi) is 2.96. The summed E-state index contributed by atoms with van der Waals surface area (Å²) in [6.07, 6.45) is 12.7. The van der Waals surface area contributed by atoms with Crippen molar-refractivity contribution in [1.29, 1.82) is 0 Å². The molecule has 112 valence electrons. The van der Waals surface area contributed by atoms with E-state index in [2.05, 4.69) is 11.9 Å². The summed E-state index contributed by atoms with van der Waals surface area (Å²) in [5.74, 6) is 4.05. The van der Waals surface area contributed by atoms with Crippen LogP contribution in [-0.4, -0.2) is 19.2 Å². The molecule has 5 rings (SSSR count). The zero-order valence-corrected chi connectivity index (χ0v) is 12.9. The van der Waals surface area contributed by atoms with Crippen LogP contribution in [0.1, 0.15) is 57.8 Å². The van der Waals surface area contributed by atoms with Crippen LogP contribution in [0.5, 0.6) is 0 Å². The fraction of sp³-hybridized carbons (Fsp3) is 0.889. The Labute approximate surface area is 123 Å². The first-order chi connectivity index (χ1) is 9.65. The molecule has 0 radical (unpaired) electrons. The Hall–Kier alpha value is -0.500. The van der Waals surface area contributed by atoms with E-state index in [1.807, 2.05) is 0 Å². The van der Waals surface area contributed by atoms with Crippen molar-refractivity contribution in [2.24, 2.45) is 23.2 Å². The topological polar surface area (TPSA) is 21.3 Å². The SMILES string of the molecule is C=C(CC1(C23CC4CC(CC(C4)C2)C3)CCCN1)OC. The van der Waals surface area contributed by atoms with Gasteiger partial charge in [0, 0.05) is 12.0 Å². The van der Waals surface area contributed by atoms with Gasteiger partial charge in [-0.1, -0.05) is 6.58 Å². The number of hydrogen-bond donors (Lipinski definition) is 1. The molecule has 20 heavy (non-hydrogen) atoms. The zero-order chi connectivity index (χ0) is 13.8. The van der Waals surface area contributed by atoms with Crippen LogP contribution in [-0.2, 0) is 4.74 Å². The highest BCUT2D eigenvalue weighted by molar-refractivity contribution is 5.17. The first-order valence-corrected chi connectivity index (χ1v) is 8.62. The molecule has 2 nitrogen and oxygen atoms in total. The van der Waals surface area contributed by atoms with Gasteiger partial charge in [-0.15, -0.1) is 0 Å². The molecule has 1 heterocycles. The van der Waals surface area contributed by atoms with Gasteiger partial charge in [-0.05, 0) is 81.1 Å². The van der Waals surface area contributed by atoms with Crippen molar-refractivity contribution in [3.63, 3.8) is 0 Å². The second-order valence-electron chi connectivity index (χ2n) is 8.23. The molecule has 4 aliphatic carbocycles. The van der Waals surface area contributed by atoms with Crippen LogP contribution < -0.4 is 5.32 Å². The molecule has 5 fully saturated rings. The minimum Gasteiger partial charge on any atom is -0.502 e. The Morgan fingerprint density at radius 2 is 1.75 bits per heavy atom. The van der Waals surface area contributed by atoms with Crippen LogP contribution in [0.2, 0.25) is 0 Å². The molecule has 1 N–H and O–H groups in total. The number of hydrogen-bond acceptors (Lipinski definition) is 2. The summed E-state index contributed by atoms with van der Waals surface area (Å²) < 4.78 is 5.47. The molecule has 1 unspecified atom stereocenters. The predicted octanol–water partition coefficient (Wildman–Crippen LogP) is 3.88. The minimum atomic E-state index is 0.302. The van der Waals surface area contributed by atoms with Crippen molar-refractivity contribution in [3.8, 4) is 0 Å². The molecule has 4 bridgehead atoms. The van der Waals surface area contributed by atoms with E-state index in [9.17, 15) is 0 Å². The quantitative estimate of drug-likeness (QED) is 0.786. The third-order valence-electron chi connectivity index (χ3n) is 7.08. The van der Waals surface area contributed by atoms with Crippen molar-refractivity contribution in [1.82, 2.24) is 5.32 Å². The highest BCUT2D eigenvalue weighted by Crippen LogP contribution is 2.65. The van der Waals surface area contributed by atoms with Crippen LogP contribution in [0.15, 0.2) is 12.3 Å². The van der Waals surface area contributed by atoms with Crippen LogP contribution in [0, 0.1) is 23.2 Å². The van der Waals surface area contributed by atoms with Gasteiger partial charge in [-0.25, -0.2) is 0 Å². The molecule has 0 aromatic carbocycles. The normalized spacial score (nSPS) is 49.5. The standard InChI is InChI=1S/C18H29NO/c1-13(20-2)9-18(4-3-5-19-18)17-10-14-6-15(11-17)8-16(7-14)12-17/h14-16,19H,1,3-12H2,2H3. The van der Waals surface area contributed by atoms with Gasteiger partial charge in [0.1, 0.15) is 0 Å². The van der Waals surface area contributed by atoms with Crippen LogP contribution in [0.3, 0.4) is 0 Å². The van der Waals surface area contributed by atoms with E-state index in [-0.39, 0.29) is 0 Å². The third kappa shape index (κ3) is 1.80. The molecule has 0 aromatic heterocycles. The van der Waals surface area contributed by atoms with Crippen LogP contribution in [0.25, 0.3) is 0 Å². The lowest BCUT2D eigenvalue weighted by Gasteiger charge is -2.63. The predicted molar refractivity (Wildman–Crippen MR) is 81.3 cm³/mol. The van der Waals surface area contributed by atoms with Crippen molar-refractivity contribution >= 4 is 0 Å². The second kappa shape index (κ2) is 4.50. The Morgan fingerprint density at radius 3 is 2.20 bits per heavy atom.